The smallest absolute Gasteiger partial charge is 0 e. The Morgan fingerprint density at radius 3 is 2.17 bits per heavy atom. The summed E-state index contributed by atoms with van der Waals surface area (Å²) >= 11 is 0. The van der Waals surface area contributed by atoms with Gasteiger partial charge in [0.2, 0.25) is 0 Å². The van der Waals surface area contributed by atoms with E-state index in [4.69, 9.17) is 0 Å². The summed E-state index contributed by atoms with van der Waals surface area (Å²) in [4.78, 5) is 0. The summed E-state index contributed by atoms with van der Waals surface area (Å²) in [5.74, 6) is 2.20. The van der Waals surface area contributed by atoms with E-state index in [-0.39, 0.29) is 1.43 Å². The van der Waals surface area contributed by atoms with Gasteiger partial charge in [0.05, 0.1) is 0 Å². The molecule has 2 unspecified atom stereocenters. The van der Waals surface area contributed by atoms with Crippen molar-refractivity contribution < 1.29 is 1.43 Å². The molecular weight excluding hydrogens is 74.1 g/mol. The standard InChI is InChI=1S/C5H9N.H2/c1-4-2-6-3-5(1)4;/h4-6H,1-3H2;1H. The Morgan fingerprint density at radius 1 is 1.33 bits per heavy atom. The molecule has 2 rings (SSSR count). The lowest BCUT2D eigenvalue weighted by Gasteiger charge is -1.87. The van der Waals surface area contributed by atoms with Crippen molar-refractivity contribution in [3.05, 3.63) is 0 Å². The largest absolute Gasteiger partial charge is 0.316 e. The lowest BCUT2D eigenvalue weighted by molar-refractivity contribution is 0.732. The topological polar surface area (TPSA) is 12.0 Å². The molecule has 36 valence electrons. The molecule has 6 heavy (non-hydrogen) atoms. The first-order chi connectivity index (χ1) is 2.97. The Kier molecular flexibility index (Phi) is 0.396. The monoisotopic (exact) mass is 85.1 g/mol. The van der Waals surface area contributed by atoms with Crippen molar-refractivity contribution in [3.63, 3.8) is 0 Å². The fraction of sp³-hybridized carbons (Fsp3) is 1.00. The van der Waals surface area contributed by atoms with E-state index in [1.807, 2.05) is 0 Å². The first-order valence-electron chi connectivity index (χ1n) is 2.67. The average molecular weight is 85.1 g/mol. The van der Waals surface area contributed by atoms with Crippen LogP contribution in [0.1, 0.15) is 7.85 Å². The maximum Gasteiger partial charge on any atom is 0 e. The van der Waals surface area contributed by atoms with Crippen molar-refractivity contribution in [1.29, 1.82) is 0 Å². The Bertz CT molecular complexity index is 66.5. The summed E-state index contributed by atoms with van der Waals surface area (Å²) in [5.41, 5.74) is 0. The minimum absolute atomic E-state index is 0. The average Bonchev–Trinajstić information content (AvgIpc) is 2.17. The van der Waals surface area contributed by atoms with Gasteiger partial charge in [-0.05, 0) is 31.3 Å². The first-order valence-corrected chi connectivity index (χ1v) is 2.67. The maximum atomic E-state index is 3.32. The summed E-state index contributed by atoms with van der Waals surface area (Å²) in [6.07, 6.45) is 1.52. The maximum absolute atomic E-state index is 3.32. The molecule has 0 amide bonds. The summed E-state index contributed by atoms with van der Waals surface area (Å²) < 4.78 is 0. The number of rotatable bonds is 0. The minimum Gasteiger partial charge on any atom is -0.316 e. The second-order valence-electron chi connectivity index (χ2n) is 2.41. The highest BCUT2D eigenvalue weighted by Gasteiger charge is 2.40. The number of hydrogen-bond acceptors (Lipinski definition) is 1. The van der Waals surface area contributed by atoms with Gasteiger partial charge in [0.25, 0.3) is 0 Å². The summed E-state index contributed by atoms with van der Waals surface area (Å²) in [7, 11) is 0. The molecule has 2 aliphatic rings. The van der Waals surface area contributed by atoms with E-state index < -0.39 is 0 Å². The minimum atomic E-state index is 0. The molecule has 1 N–H and O–H groups in total. The van der Waals surface area contributed by atoms with Gasteiger partial charge in [-0.1, -0.05) is 0 Å². The predicted octanol–water partition coefficient (Wildman–Crippen LogP) is 0.472. The third-order valence-electron chi connectivity index (χ3n) is 1.88. The normalized spacial score (nSPS) is 52.0. The number of hydrogen-bond donors (Lipinski definition) is 1. The Hall–Kier alpha value is -0.0400. The van der Waals surface area contributed by atoms with Crippen LogP contribution in [0.4, 0.5) is 0 Å². The predicted molar refractivity (Wildman–Crippen MR) is 26.6 cm³/mol. The molecular formula is C5H11N. The van der Waals surface area contributed by atoms with Gasteiger partial charge in [-0.25, -0.2) is 0 Å². The summed E-state index contributed by atoms with van der Waals surface area (Å²) in [6.45, 7) is 2.62. The van der Waals surface area contributed by atoms with Crippen molar-refractivity contribution in [2.75, 3.05) is 13.1 Å². The van der Waals surface area contributed by atoms with Crippen LogP contribution < -0.4 is 5.32 Å². The SMILES string of the molecule is C1NCC2CC12.[HH]. The lowest BCUT2D eigenvalue weighted by atomic mass is 10.4. The third kappa shape index (κ3) is 0.243. The van der Waals surface area contributed by atoms with Gasteiger partial charge in [-0.15, -0.1) is 0 Å². The lowest BCUT2D eigenvalue weighted by Crippen LogP contribution is -2.10. The Labute approximate surface area is 39.2 Å². The van der Waals surface area contributed by atoms with Gasteiger partial charge in [-0.2, -0.15) is 0 Å². The highest BCUT2D eigenvalue weighted by Crippen LogP contribution is 2.40. The van der Waals surface area contributed by atoms with Crippen LogP contribution in [-0.4, -0.2) is 13.1 Å². The molecule has 0 aromatic carbocycles. The van der Waals surface area contributed by atoms with Crippen LogP contribution >= 0.6 is 0 Å². The Morgan fingerprint density at radius 2 is 2.00 bits per heavy atom. The number of fused-ring (bicyclic) bond motifs is 1. The zero-order valence-corrected chi connectivity index (χ0v) is 3.78. The van der Waals surface area contributed by atoms with Crippen molar-refractivity contribution in [1.82, 2.24) is 5.32 Å². The molecule has 2 fully saturated rings. The van der Waals surface area contributed by atoms with Gasteiger partial charge in [0, 0.05) is 1.43 Å². The molecule has 0 spiro atoms. The zero-order valence-electron chi connectivity index (χ0n) is 3.78. The van der Waals surface area contributed by atoms with Crippen LogP contribution in [0, 0.1) is 11.8 Å². The molecule has 1 heterocycles. The summed E-state index contributed by atoms with van der Waals surface area (Å²) in [6, 6.07) is 0. The van der Waals surface area contributed by atoms with Gasteiger partial charge >= 0.3 is 0 Å². The molecule has 0 aromatic rings. The third-order valence-corrected chi connectivity index (χ3v) is 1.88. The first kappa shape index (κ1) is 3.03. The van der Waals surface area contributed by atoms with E-state index in [9.17, 15) is 0 Å². The van der Waals surface area contributed by atoms with Crippen molar-refractivity contribution in [2.45, 2.75) is 6.42 Å². The summed E-state index contributed by atoms with van der Waals surface area (Å²) in [5, 5.41) is 3.32. The quantitative estimate of drug-likeness (QED) is 0.451. The molecule has 0 aromatic heterocycles. The van der Waals surface area contributed by atoms with Crippen molar-refractivity contribution >= 4 is 0 Å². The zero-order chi connectivity index (χ0) is 3.98. The van der Waals surface area contributed by atoms with Crippen LogP contribution in [0.2, 0.25) is 0 Å². The molecule has 1 saturated heterocycles. The fourth-order valence-electron chi connectivity index (χ4n) is 1.26. The van der Waals surface area contributed by atoms with E-state index in [0.717, 1.165) is 11.8 Å². The molecule has 2 atom stereocenters. The number of piperidine rings is 1. The van der Waals surface area contributed by atoms with Gasteiger partial charge < -0.3 is 5.32 Å². The van der Waals surface area contributed by atoms with E-state index >= 15 is 0 Å². The van der Waals surface area contributed by atoms with E-state index in [2.05, 4.69) is 5.32 Å². The molecule has 1 nitrogen and oxygen atoms in total. The fourth-order valence-corrected chi connectivity index (χ4v) is 1.26. The molecule has 0 radical (unpaired) electrons. The molecule has 0 bridgehead atoms. The van der Waals surface area contributed by atoms with Crippen molar-refractivity contribution in [2.24, 2.45) is 11.8 Å². The molecule has 1 heteroatoms. The van der Waals surface area contributed by atoms with E-state index in [1.54, 1.807) is 0 Å². The highest BCUT2D eigenvalue weighted by atomic mass is 14.9. The van der Waals surface area contributed by atoms with Crippen molar-refractivity contribution in [3.8, 4) is 0 Å². The van der Waals surface area contributed by atoms with Crippen LogP contribution in [0.3, 0.4) is 0 Å². The van der Waals surface area contributed by atoms with Gasteiger partial charge in [0.15, 0.2) is 0 Å². The Balaban J connectivity index is 0.000000245. The van der Waals surface area contributed by atoms with E-state index in [1.165, 1.54) is 19.5 Å². The van der Waals surface area contributed by atoms with Crippen LogP contribution in [0.15, 0.2) is 0 Å². The van der Waals surface area contributed by atoms with Crippen LogP contribution in [-0.2, 0) is 0 Å². The van der Waals surface area contributed by atoms with Gasteiger partial charge in [0.1, 0.15) is 0 Å². The second-order valence-corrected chi connectivity index (χ2v) is 2.41. The molecule has 1 aliphatic heterocycles. The number of nitrogens with one attached hydrogen (secondary N) is 1. The van der Waals surface area contributed by atoms with Crippen LogP contribution in [0.25, 0.3) is 0 Å². The molecule has 1 saturated carbocycles. The van der Waals surface area contributed by atoms with Crippen LogP contribution in [0.5, 0.6) is 0 Å². The highest BCUT2D eigenvalue weighted by molar-refractivity contribution is 4.94. The van der Waals surface area contributed by atoms with E-state index in [0.29, 0.717) is 0 Å². The molecule has 1 aliphatic carbocycles. The van der Waals surface area contributed by atoms with Gasteiger partial charge in [-0.3, -0.25) is 0 Å². The second kappa shape index (κ2) is 0.784.